The van der Waals surface area contributed by atoms with Gasteiger partial charge >= 0.3 is 0 Å². The quantitative estimate of drug-likeness (QED) is 0.802. The van der Waals surface area contributed by atoms with Crippen LogP contribution in [-0.2, 0) is 0 Å². The van der Waals surface area contributed by atoms with Crippen LogP contribution in [0.5, 0.6) is 0 Å². The number of aliphatic hydroxyl groups is 1. The third-order valence-electron chi connectivity index (χ3n) is 3.25. The summed E-state index contributed by atoms with van der Waals surface area (Å²) in [6, 6.07) is 0.228. The molecule has 1 aromatic heterocycles. The van der Waals surface area contributed by atoms with Gasteiger partial charge in [0.1, 0.15) is 0 Å². The Bertz CT molecular complexity index is 350. The van der Waals surface area contributed by atoms with Crippen molar-refractivity contribution in [3.63, 3.8) is 0 Å². The van der Waals surface area contributed by atoms with E-state index in [4.69, 9.17) is 0 Å². The van der Waals surface area contributed by atoms with E-state index >= 15 is 0 Å². The van der Waals surface area contributed by atoms with E-state index in [-0.39, 0.29) is 12.1 Å². The molecule has 1 fully saturated rings. The molecular formula is C12H19N3O. The molecule has 0 amide bonds. The van der Waals surface area contributed by atoms with Crippen molar-refractivity contribution >= 4 is 0 Å². The maximum Gasteiger partial charge on any atom is 0.0782 e. The Morgan fingerprint density at radius 1 is 1.44 bits per heavy atom. The molecule has 0 saturated heterocycles. The number of nitrogens with zero attached hydrogens (tertiary/aromatic N) is 2. The summed E-state index contributed by atoms with van der Waals surface area (Å²) < 4.78 is 0. The van der Waals surface area contributed by atoms with Gasteiger partial charge in [-0.1, -0.05) is 0 Å². The molecule has 1 saturated carbocycles. The van der Waals surface area contributed by atoms with Gasteiger partial charge in [-0.3, -0.25) is 9.97 Å². The Balaban J connectivity index is 1.84. The van der Waals surface area contributed by atoms with Crippen molar-refractivity contribution in [3.8, 4) is 0 Å². The number of aryl methyl sites for hydroxylation is 1. The summed E-state index contributed by atoms with van der Waals surface area (Å²) in [5, 5.41) is 12.6. The van der Waals surface area contributed by atoms with Crippen molar-refractivity contribution < 1.29 is 5.11 Å². The van der Waals surface area contributed by atoms with Gasteiger partial charge in [-0.05, 0) is 39.2 Å². The minimum Gasteiger partial charge on any atom is -0.393 e. The molecule has 2 rings (SSSR count). The molecule has 0 aromatic carbocycles. The van der Waals surface area contributed by atoms with Crippen molar-refractivity contribution in [2.24, 2.45) is 5.92 Å². The molecule has 1 atom stereocenters. The van der Waals surface area contributed by atoms with Crippen LogP contribution in [0, 0.1) is 12.8 Å². The smallest absolute Gasteiger partial charge is 0.0782 e. The monoisotopic (exact) mass is 221 g/mol. The lowest BCUT2D eigenvalue weighted by Crippen LogP contribution is -2.37. The molecule has 0 aliphatic heterocycles. The Kier molecular flexibility index (Phi) is 3.51. The van der Waals surface area contributed by atoms with E-state index in [0.717, 1.165) is 30.8 Å². The van der Waals surface area contributed by atoms with Gasteiger partial charge in [0.2, 0.25) is 0 Å². The van der Waals surface area contributed by atoms with Crippen molar-refractivity contribution in [2.75, 3.05) is 6.54 Å². The van der Waals surface area contributed by atoms with E-state index in [9.17, 15) is 5.11 Å². The topological polar surface area (TPSA) is 58.0 Å². The highest BCUT2D eigenvalue weighted by Crippen LogP contribution is 2.26. The fourth-order valence-electron chi connectivity index (χ4n) is 2.15. The molecule has 0 bridgehead atoms. The number of hydrogen-bond acceptors (Lipinski definition) is 4. The minimum atomic E-state index is -0.0691. The first-order valence-corrected chi connectivity index (χ1v) is 5.85. The number of rotatable bonds is 4. The summed E-state index contributed by atoms with van der Waals surface area (Å²) in [6.07, 6.45) is 5.24. The Hall–Kier alpha value is -1.00. The van der Waals surface area contributed by atoms with Crippen LogP contribution in [-0.4, -0.2) is 27.7 Å². The van der Waals surface area contributed by atoms with Gasteiger partial charge in [-0.25, -0.2) is 0 Å². The van der Waals surface area contributed by atoms with E-state index < -0.39 is 0 Å². The normalized spacial score (nSPS) is 26.2. The second-order valence-corrected chi connectivity index (χ2v) is 4.65. The zero-order valence-corrected chi connectivity index (χ0v) is 9.85. The summed E-state index contributed by atoms with van der Waals surface area (Å²) in [5.41, 5.74) is 2.00. The zero-order chi connectivity index (χ0) is 11.5. The minimum absolute atomic E-state index is 0.0691. The summed E-state index contributed by atoms with van der Waals surface area (Å²) in [4.78, 5) is 8.57. The van der Waals surface area contributed by atoms with Gasteiger partial charge in [0.05, 0.1) is 17.5 Å². The van der Waals surface area contributed by atoms with E-state index in [2.05, 4.69) is 22.2 Å². The molecular weight excluding hydrogens is 202 g/mol. The summed E-state index contributed by atoms with van der Waals surface area (Å²) in [6.45, 7) is 5.04. The van der Waals surface area contributed by atoms with Crippen LogP contribution < -0.4 is 5.32 Å². The largest absolute Gasteiger partial charge is 0.393 e. The lowest BCUT2D eigenvalue weighted by molar-refractivity contribution is 0.0420. The van der Waals surface area contributed by atoms with Crippen LogP contribution in [0.25, 0.3) is 0 Å². The summed E-state index contributed by atoms with van der Waals surface area (Å²) in [5.74, 6) is 0.620. The van der Waals surface area contributed by atoms with Crippen LogP contribution in [0.3, 0.4) is 0 Å². The standard InChI is InChI=1S/C12H19N3O/c1-8-12(14-4-3-13-8)9(2)15-7-10-5-11(16)6-10/h3-4,9-11,15-16H,5-7H2,1-2H3. The molecule has 2 N–H and O–H groups in total. The van der Waals surface area contributed by atoms with Crippen molar-refractivity contribution in [1.82, 2.24) is 15.3 Å². The second-order valence-electron chi connectivity index (χ2n) is 4.65. The van der Waals surface area contributed by atoms with E-state index in [1.165, 1.54) is 0 Å². The second kappa shape index (κ2) is 4.89. The van der Waals surface area contributed by atoms with E-state index in [0.29, 0.717) is 5.92 Å². The molecule has 1 heterocycles. The van der Waals surface area contributed by atoms with Crippen LogP contribution in [0.2, 0.25) is 0 Å². The van der Waals surface area contributed by atoms with Crippen molar-refractivity contribution in [2.45, 2.75) is 38.8 Å². The molecule has 0 radical (unpaired) electrons. The SMILES string of the molecule is Cc1nccnc1C(C)NCC1CC(O)C1. The van der Waals surface area contributed by atoms with Crippen LogP contribution in [0.1, 0.15) is 37.2 Å². The molecule has 1 unspecified atom stereocenters. The molecule has 1 aromatic rings. The van der Waals surface area contributed by atoms with Gasteiger partial charge in [0.25, 0.3) is 0 Å². The van der Waals surface area contributed by atoms with Gasteiger partial charge in [0.15, 0.2) is 0 Å². The van der Waals surface area contributed by atoms with E-state index in [1.54, 1.807) is 12.4 Å². The van der Waals surface area contributed by atoms with E-state index in [1.807, 2.05) is 6.92 Å². The Morgan fingerprint density at radius 2 is 2.12 bits per heavy atom. The number of hydrogen-bond donors (Lipinski definition) is 2. The summed E-state index contributed by atoms with van der Waals surface area (Å²) in [7, 11) is 0. The summed E-state index contributed by atoms with van der Waals surface area (Å²) >= 11 is 0. The zero-order valence-electron chi connectivity index (χ0n) is 9.85. The van der Waals surface area contributed by atoms with Crippen LogP contribution >= 0.6 is 0 Å². The fraction of sp³-hybridized carbons (Fsp3) is 0.667. The maximum absolute atomic E-state index is 9.19. The number of nitrogens with one attached hydrogen (secondary N) is 1. The molecule has 4 nitrogen and oxygen atoms in total. The predicted octanol–water partition coefficient (Wildman–Crippen LogP) is 1.21. The average molecular weight is 221 g/mol. The first kappa shape index (κ1) is 11.5. The third kappa shape index (κ3) is 2.57. The first-order valence-electron chi connectivity index (χ1n) is 5.85. The average Bonchev–Trinajstić information content (AvgIpc) is 2.23. The Labute approximate surface area is 96.1 Å². The van der Waals surface area contributed by atoms with Gasteiger partial charge in [0, 0.05) is 18.4 Å². The highest BCUT2D eigenvalue weighted by molar-refractivity contribution is 5.12. The lowest BCUT2D eigenvalue weighted by Gasteiger charge is -2.32. The maximum atomic E-state index is 9.19. The molecule has 0 spiro atoms. The van der Waals surface area contributed by atoms with Crippen molar-refractivity contribution in [1.29, 1.82) is 0 Å². The number of aliphatic hydroxyl groups excluding tert-OH is 1. The molecule has 16 heavy (non-hydrogen) atoms. The highest BCUT2D eigenvalue weighted by Gasteiger charge is 2.27. The molecule has 1 aliphatic carbocycles. The highest BCUT2D eigenvalue weighted by atomic mass is 16.3. The van der Waals surface area contributed by atoms with Crippen LogP contribution in [0.4, 0.5) is 0 Å². The third-order valence-corrected chi connectivity index (χ3v) is 3.25. The van der Waals surface area contributed by atoms with Gasteiger partial charge in [-0.15, -0.1) is 0 Å². The van der Waals surface area contributed by atoms with Gasteiger partial charge < -0.3 is 10.4 Å². The molecule has 1 aliphatic rings. The lowest BCUT2D eigenvalue weighted by atomic mass is 9.82. The number of aromatic nitrogens is 2. The predicted molar refractivity (Wildman–Crippen MR) is 61.9 cm³/mol. The van der Waals surface area contributed by atoms with Crippen LogP contribution in [0.15, 0.2) is 12.4 Å². The molecule has 88 valence electrons. The van der Waals surface area contributed by atoms with Crippen molar-refractivity contribution in [3.05, 3.63) is 23.8 Å². The molecule has 4 heteroatoms. The van der Waals surface area contributed by atoms with Gasteiger partial charge in [-0.2, -0.15) is 0 Å². The first-order chi connectivity index (χ1) is 7.66. The fourth-order valence-corrected chi connectivity index (χ4v) is 2.15. The Morgan fingerprint density at radius 3 is 2.75 bits per heavy atom.